The minimum absolute atomic E-state index is 0.199. The Labute approximate surface area is 581 Å². The first-order valence-electron chi connectivity index (χ1n) is 34.5. The van der Waals surface area contributed by atoms with E-state index in [1.807, 2.05) is 140 Å². The van der Waals surface area contributed by atoms with Crippen LogP contribution in [0.15, 0.2) is 291 Å². The molecule has 0 unspecified atom stereocenters. The summed E-state index contributed by atoms with van der Waals surface area (Å²) in [5.74, 6) is -0.136. The number of carbonyl (C=O) groups is 4. The maximum Gasteiger partial charge on any atom is 0.311 e. The average Bonchev–Trinajstić information content (AvgIpc) is 0.825. The topological polar surface area (TPSA) is 129 Å². The summed E-state index contributed by atoms with van der Waals surface area (Å²) in [5.41, 5.74) is 14.9. The molecular weight excluding hydrogens is 1230 g/mol. The normalized spacial score (nSPS) is 10.9. The lowest BCUT2D eigenvalue weighted by atomic mass is 10.0. The Kier molecular flexibility index (Phi) is 24.7. The van der Waals surface area contributed by atoms with Gasteiger partial charge in [-0.1, -0.05) is 191 Å². The molecule has 0 aromatic heterocycles. The van der Waals surface area contributed by atoms with Crippen LogP contribution >= 0.6 is 0 Å². The number of ether oxygens (including phenoxy) is 3. The van der Waals surface area contributed by atoms with Gasteiger partial charge in [-0.05, 0) is 181 Å². The molecule has 99 heavy (non-hydrogen) atoms. The number of hydrogen-bond donors (Lipinski definition) is 1. The van der Waals surface area contributed by atoms with Crippen molar-refractivity contribution in [2.45, 2.75) is 103 Å². The zero-order chi connectivity index (χ0) is 68.4. The largest absolute Gasteiger partial charge is 0.481 e. The van der Waals surface area contributed by atoms with Gasteiger partial charge in [0.1, 0.15) is 17.2 Å². The Balaban J connectivity index is 0.634. The van der Waals surface area contributed by atoms with Crippen molar-refractivity contribution < 1.29 is 38.5 Å². The van der Waals surface area contributed by atoms with Gasteiger partial charge >= 0.3 is 23.9 Å². The molecule has 0 saturated heterocycles. The van der Waals surface area contributed by atoms with Crippen LogP contribution in [-0.2, 0) is 19.2 Å². The van der Waals surface area contributed by atoms with Gasteiger partial charge in [-0.3, -0.25) is 19.2 Å². The number of carbonyl (C=O) groups excluding carboxylic acids is 3. The third kappa shape index (κ3) is 19.8. The summed E-state index contributed by atoms with van der Waals surface area (Å²) >= 11 is 0. The number of esters is 3. The van der Waals surface area contributed by atoms with Crippen molar-refractivity contribution in [3.05, 3.63) is 291 Å². The third-order valence-electron chi connectivity index (χ3n) is 17.4. The minimum Gasteiger partial charge on any atom is -0.481 e. The van der Waals surface area contributed by atoms with Crippen molar-refractivity contribution in [1.29, 1.82) is 0 Å². The predicted molar refractivity (Wildman–Crippen MR) is 401 cm³/mol. The highest BCUT2D eigenvalue weighted by atomic mass is 16.5. The maximum atomic E-state index is 13.3. The maximum absolute atomic E-state index is 13.3. The van der Waals surface area contributed by atoms with E-state index < -0.39 is 5.97 Å². The Morgan fingerprint density at radius 3 is 0.758 bits per heavy atom. The van der Waals surface area contributed by atoms with Crippen molar-refractivity contribution in [2.75, 3.05) is 26.6 Å². The molecule has 12 heteroatoms. The molecule has 0 heterocycles. The Hall–Kier alpha value is -11.5. The molecule has 12 nitrogen and oxygen atoms in total. The zero-order valence-corrected chi connectivity index (χ0v) is 56.1. The summed E-state index contributed by atoms with van der Waals surface area (Å²) in [4.78, 5) is 58.8. The van der Waals surface area contributed by atoms with Gasteiger partial charge in [-0.25, -0.2) is 0 Å². The van der Waals surface area contributed by atoms with Crippen LogP contribution in [-0.4, -0.2) is 36.0 Å². The van der Waals surface area contributed by atoms with Crippen LogP contribution in [0.4, 0.5) is 62.6 Å². The van der Waals surface area contributed by atoms with E-state index in [2.05, 4.69) is 172 Å². The molecule has 0 aliphatic carbocycles. The van der Waals surface area contributed by atoms with E-state index in [9.17, 15) is 19.2 Å². The number of benzene rings is 11. The van der Waals surface area contributed by atoms with Crippen LogP contribution in [0.2, 0.25) is 0 Å². The Morgan fingerprint density at radius 1 is 0.253 bits per heavy atom. The standard InChI is InChI=1S/C87H84N4O8/c1-88(70-29-14-10-15-30-70)71-55-47-66(48-56-71)67-49-57-75(58-50-67)89(72-31-16-11-17-32-72)78-37-26-41-82(63-78)98-86(95)45-24-8-4-5-9-25-46-87(96)99-83-42-28-39-80(65-83)91(74-35-20-13-21-36-74)77-61-53-69(54-62-77)68-51-59-76(60-52-68)90(73-33-18-12-19-34-73)79-38-27-40-81(64-79)97-85(94)44-23-7-3-2-6-22-43-84(92)93/h10-21,26-42,47-65H,2-9,22-25,43-46H2,1H3,(H,92,93). The quantitative estimate of drug-likeness (QED) is 0.0234. The minimum atomic E-state index is -0.761. The highest BCUT2D eigenvalue weighted by Crippen LogP contribution is 2.41. The predicted octanol–water partition coefficient (Wildman–Crippen LogP) is 22.9. The number of anilines is 11. The number of aliphatic carboxylic acids is 1. The Bertz CT molecular complexity index is 4350. The van der Waals surface area contributed by atoms with Crippen LogP contribution in [0.3, 0.4) is 0 Å². The van der Waals surface area contributed by atoms with Gasteiger partial charge in [0.2, 0.25) is 0 Å². The van der Waals surface area contributed by atoms with Gasteiger partial charge in [-0.2, -0.15) is 0 Å². The number of carboxylic acids is 1. The number of hydrogen-bond acceptors (Lipinski definition) is 11. The van der Waals surface area contributed by atoms with Gasteiger partial charge in [0.15, 0.2) is 0 Å². The van der Waals surface area contributed by atoms with Crippen LogP contribution < -0.4 is 33.8 Å². The second-order valence-electron chi connectivity index (χ2n) is 24.6. The van der Waals surface area contributed by atoms with E-state index in [1.165, 1.54) is 0 Å². The molecule has 0 amide bonds. The molecule has 11 rings (SSSR count). The van der Waals surface area contributed by atoms with Gasteiger partial charge in [0.05, 0.1) is 0 Å². The van der Waals surface area contributed by atoms with E-state index >= 15 is 0 Å². The summed E-state index contributed by atoms with van der Waals surface area (Å²) in [5, 5.41) is 8.87. The molecule has 11 aromatic rings. The molecule has 0 fully saturated rings. The van der Waals surface area contributed by atoms with Crippen LogP contribution in [0, 0.1) is 0 Å². The summed E-state index contributed by atoms with van der Waals surface area (Å²) in [7, 11) is 2.08. The molecular formula is C87H84N4O8. The summed E-state index contributed by atoms with van der Waals surface area (Å²) in [6.07, 6.45) is 11.3. The lowest BCUT2D eigenvalue weighted by Crippen LogP contribution is -2.11. The molecule has 0 saturated carbocycles. The molecule has 0 bridgehead atoms. The van der Waals surface area contributed by atoms with E-state index in [4.69, 9.17) is 19.3 Å². The first kappa shape index (κ1) is 68.9. The number of unbranched alkanes of at least 4 members (excludes halogenated alkanes) is 10. The molecule has 0 aliphatic rings. The molecule has 0 aliphatic heterocycles. The van der Waals surface area contributed by atoms with Crippen LogP contribution in [0.25, 0.3) is 22.3 Å². The monoisotopic (exact) mass is 1310 g/mol. The second kappa shape index (κ2) is 35.5. The van der Waals surface area contributed by atoms with Gasteiger partial charge in [0.25, 0.3) is 0 Å². The SMILES string of the molecule is CN(c1ccccc1)c1ccc(-c2ccc(N(c3ccccc3)c3cccc(OC(=O)CCCCCCCCC(=O)Oc4cccc(N(c5ccccc5)c5ccc(-c6ccc(N(c7ccccc7)c7cccc(OC(=O)CCCCCCCCC(=O)O)c7)cc6)cc5)c4)c3)cc2)cc1. The highest BCUT2D eigenvalue weighted by molar-refractivity contribution is 5.84. The molecule has 500 valence electrons. The van der Waals surface area contributed by atoms with Gasteiger partial charge in [-0.15, -0.1) is 0 Å². The fourth-order valence-electron chi connectivity index (χ4n) is 12.3. The molecule has 0 radical (unpaired) electrons. The van der Waals surface area contributed by atoms with E-state index in [0.717, 1.165) is 143 Å². The second-order valence-corrected chi connectivity index (χ2v) is 24.6. The molecule has 0 atom stereocenters. The molecule has 11 aromatic carbocycles. The zero-order valence-electron chi connectivity index (χ0n) is 56.1. The van der Waals surface area contributed by atoms with Crippen molar-refractivity contribution >= 4 is 86.4 Å². The Morgan fingerprint density at radius 2 is 0.475 bits per heavy atom. The fraction of sp³-hybridized carbons (Fsp3) is 0.195. The summed E-state index contributed by atoms with van der Waals surface area (Å²) in [6.45, 7) is 0. The van der Waals surface area contributed by atoms with Crippen molar-refractivity contribution in [3.8, 4) is 39.5 Å². The first-order chi connectivity index (χ1) is 48.6. The first-order valence-corrected chi connectivity index (χ1v) is 34.5. The number of para-hydroxylation sites is 4. The van der Waals surface area contributed by atoms with Gasteiger partial charge < -0.3 is 38.9 Å². The van der Waals surface area contributed by atoms with Crippen molar-refractivity contribution in [3.63, 3.8) is 0 Å². The smallest absolute Gasteiger partial charge is 0.311 e. The van der Waals surface area contributed by atoms with Crippen LogP contribution in [0.1, 0.15) is 103 Å². The third-order valence-corrected chi connectivity index (χ3v) is 17.4. The van der Waals surface area contributed by atoms with Crippen molar-refractivity contribution in [2.24, 2.45) is 0 Å². The average molecular weight is 1310 g/mol. The lowest BCUT2D eigenvalue weighted by molar-refractivity contribution is -0.137. The molecule has 0 spiro atoms. The highest BCUT2D eigenvalue weighted by Gasteiger charge is 2.20. The lowest BCUT2D eigenvalue weighted by Gasteiger charge is -2.26. The van der Waals surface area contributed by atoms with E-state index in [1.54, 1.807) is 6.07 Å². The fourth-order valence-corrected chi connectivity index (χ4v) is 12.3. The summed E-state index contributed by atoms with van der Waals surface area (Å²) in [6, 6.07) is 97.7. The van der Waals surface area contributed by atoms with Crippen LogP contribution in [0.5, 0.6) is 17.2 Å². The number of carboxylic acid groups (broad SMARTS) is 1. The number of rotatable bonds is 34. The molecule has 1 N–H and O–H groups in total. The van der Waals surface area contributed by atoms with E-state index in [-0.39, 0.29) is 24.3 Å². The van der Waals surface area contributed by atoms with Gasteiger partial charge in [0, 0.05) is 113 Å². The number of nitrogens with zero attached hydrogens (tertiary/aromatic N) is 4. The van der Waals surface area contributed by atoms with Crippen molar-refractivity contribution in [1.82, 2.24) is 0 Å². The van der Waals surface area contributed by atoms with E-state index in [0.29, 0.717) is 55.8 Å². The summed E-state index contributed by atoms with van der Waals surface area (Å²) < 4.78 is 17.7.